The Bertz CT molecular complexity index is 1020. The van der Waals surface area contributed by atoms with Gasteiger partial charge in [0.1, 0.15) is 13.2 Å². The lowest BCUT2D eigenvalue weighted by molar-refractivity contribution is -0.167. The third-order valence-electron chi connectivity index (χ3n) is 11.4. The summed E-state index contributed by atoms with van der Waals surface area (Å²) in [5.41, 5.74) is 0. The van der Waals surface area contributed by atoms with Gasteiger partial charge in [-0.15, -0.1) is 0 Å². The summed E-state index contributed by atoms with van der Waals surface area (Å²) in [6.45, 7) is 6.60. The summed E-state index contributed by atoms with van der Waals surface area (Å²) in [5, 5.41) is 0. The van der Waals surface area contributed by atoms with Crippen molar-refractivity contribution in [1.82, 2.24) is 0 Å². The molecule has 0 saturated heterocycles. The highest BCUT2D eigenvalue weighted by Crippen LogP contribution is 2.15. The van der Waals surface area contributed by atoms with Crippen LogP contribution in [0.25, 0.3) is 0 Å². The highest BCUT2D eigenvalue weighted by Gasteiger charge is 2.19. The van der Waals surface area contributed by atoms with E-state index in [-0.39, 0.29) is 31.1 Å². The van der Waals surface area contributed by atoms with E-state index in [2.05, 4.69) is 57.2 Å². The molecule has 0 heterocycles. The van der Waals surface area contributed by atoms with Gasteiger partial charge in [0, 0.05) is 19.3 Å². The highest BCUT2D eigenvalue weighted by atomic mass is 16.6. The summed E-state index contributed by atoms with van der Waals surface area (Å²) < 4.78 is 16.8. The SMILES string of the molecule is CCCCC/C=C\C/C=C\CCCCCCCC(=O)OC[C@@H](COC(=O)CCCCCCC/C=C\CCCCCC)OC(=O)CCCCCCCCCCCCCCCC. The Morgan fingerprint density at radius 2 is 0.600 bits per heavy atom. The maximum atomic E-state index is 12.8. The van der Waals surface area contributed by atoms with Crippen LogP contribution in [0.5, 0.6) is 0 Å². The van der Waals surface area contributed by atoms with Gasteiger partial charge in [0.15, 0.2) is 6.10 Å². The van der Waals surface area contributed by atoms with Gasteiger partial charge in [0.2, 0.25) is 0 Å². The summed E-state index contributed by atoms with van der Waals surface area (Å²) >= 11 is 0. The molecule has 0 bridgehead atoms. The number of allylic oxidation sites excluding steroid dienone is 6. The van der Waals surface area contributed by atoms with Crippen molar-refractivity contribution in [2.75, 3.05) is 13.2 Å². The predicted octanol–water partition coefficient (Wildman–Crippen LogP) is 16.9. The normalized spacial score (nSPS) is 12.2. The lowest BCUT2D eigenvalue weighted by atomic mass is 10.0. The van der Waals surface area contributed by atoms with Crippen molar-refractivity contribution in [1.29, 1.82) is 0 Å². The number of ether oxygens (including phenoxy) is 3. The first kappa shape index (κ1) is 57.6. The molecule has 0 aliphatic carbocycles. The first-order chi connectivity index (χ1) is 29.5. The third-order valence-corrected chi connectivity index (χ3v) is 11.4. The topological polar surface area (TPSA) is 78.9 Å². The Labute approximate surface area is 372 Å². The molecule has 0 saturated carbocycles. The fourth-order valence-electron chi connectivity index (χ4n) is 7.41. The zero-order chi connectivity index (χ0) is 43.7. The fraction of sp³-hybridized carbons (Fsp3) is 0.833. The summed E-state index contributed by atoms with van der Waals surface area (Å²) in [6, 6.07) is 0. The van der Waals surface area contributed by atoms with Crippen LogP contribution in [0.4, 0.5) is 0 Å². The summed E-state index contributed by atoms with van der Waals surface area (Å²) in [6.07, 6.45) is 56.9. The molecule has 0 spiro atoms. The van der Waals surface area contributed by atoms with E-state index in [1.54, 1.807) is 0 Å². The number of rotatable bonds is 47. The van der Waals surface area contributed by atoms with Crippen molar-refractivity contribution >= 4 is 17.9 Å². The van der Waals surface area contributed by atoms with E-state index < -0.39 is 6.10 Å². The standard InChI is InChI=1S/C54H98O6/c1-4-7-10-13-16-19-22-25-27-30-32-35-38-41-44-47-53(56)59-50-51(49-58-52(55)46-43-40-37-34-31-28-24-21-18-15-12-9-6-3)60-54(57)48-45-42-39-36-33-29-26-23-20-17-14-11-8-5-2/h16,19,21,24-25,27,51H,4-15,17-18,20,22-23,26,28-50H2,1-3H3/b19-16-,24-21-,27-25-/t51-/m1/s1. The average molecular weight is 843 g/mol. The van der Waals surface area contributed by atoms with Gasteiger partial charge in [0.25, 0.3) is 0 Å². The van der Waals surface area contributed by atoms with Gasteiger partial charge in [-0.2, -0.15) is 0 Å². The first-order valence-corrected chi connectivity index (χ1v) is 26.0. The minimum atomic E-state index is -0.777. The zero-order valence-electron chi connectivity index (χ0n) is 40.0. The monoisotopic (exact) mass is 843 g/mol. The van der Waals surface area contributed by atoms with Crippen molar-refractivity contribution in [2.45, 2.75) is 277 Å². The number of carbonyl (C=O) groups is 3. The summed E-state index contributed by atoms with van der Waals surface area (Å²) in [7, 11) is 0. The van der Waals surface area contributed by atoms with Crippen LogP contribution in [0, 0.1) is 0 Å². The van der Waals surface area contributed by atoms with Crippen molar-refractivity contribution in [3.05, 3.63) is 36.5 Å². The second-order valence-corrected chi connectivity index (χ2v) is 17.4. The summed E-state index contributed by atoms with van der Waals surface area (Å²) in [4.78, 5) is 37.9. The molecule has 0 aromatic rings. The van der Waals surface area contributed by atoms with Gasteiger partial charge in [0.05, 0.1) is 0 Å². The molecule has 0 aliphatic heterocycles. The molecule has 0 amide bonds. The van der Waals surface area contributed by atoms with Gasteiger partial charge >= 0.3 is 17.9 Å². The van der Waals surface area contributed by atoms with Crippen LogP contribution >= 0.6 is 0 Å². The largest absolute Gasteiger partial charge is 0.462 e. The smallest absolute Gasteiger partial charge is 0.306 e. The van der Waals surface area contributed by atoms with E-state index in [1.165, 1.54) is 148 Å². The lowest BCUT2D eigenvalue weighted by Gasteiger charge is -2.18. The Balaban J connectivity index is 4.38. The molecule has 0 N–H and O–H groups in total. The molecular formula is C54H98O6. The molecule has 0 unspecified atom stereocenters. The predicted molar refractivity (Wildman–Crippen MR) is 256 cm³/mol. The molecule has 0 aromatic heterocycles. The molecule has 1 atom stereocenters. The van der Waals surface area contributed by atoms with Gasteiger partial charge in [-0.25, -0.2) is 0 Å². The molecular weight excluding hydrogens is 745 g/mol. The Morgan fingerprint density at radius 1 is 0.333 bits per heavy atom. The Morgan fingerprint density at radius 3 is 0.983 bits per heavy atom. The molecule has 0 aromatic carbocycles. The second-order valence-electron chi connectivity index (χ2n) is 17.4. The Kier molecular flexibility index (Phi) is 47.3. The van der Waals surface area contributed by atoms with Crippen molar-refractivity contribution in [3.63, 3.8) is 0 Å². The van der Waals surface area contributed by atoms with Crippen LogP contribution < -0.4 is 0 Å². The quantitative estimate of drug-likeness (QED) is 0.0263. The molecule has 6 heteroatoms. The Hall–Kier alpha value is -2.37. The third kappa shape index (κ3) is 46.7. The van der Waals surface area contributed by atoms with E-state index in [1.807, 2.05) is 0 Å². The fourth-order valence-corrected chi connectivity index (χ4v) is 7.41. The van der Waals surface area contributed by atoms with Gasteiger partial charge in [-0.1, -0.05) is 211 Å². The molecule has 0 aliphatic rings. The zero-order valence-corrected chi connectivity index (χ0v) is 40.0. The van der Waals surface area contributed by atoms with Crippen LogP contribution in [0.15, 0.2) is 36.5 Å². The number of carbonyl (C=O) groups excluding carboxylic acids is 3. The number of esters is 3. The minimum Gasteiger partial charge on any atom is -0.462 e. The molecule has 0 fully saturated rings. The second kappa shape index (κ2) is 49.3. The number of hydrogen-bond acceptors (Lipinski definition) is 6. The van der Waals surface area contributed by atoms with Crippen LogP contribution in [0.1, 0.15) is 271 Å². The van der Waals surface area contributed by atoms with Crippen LogP contribution in [-0.4, -0.2) is 37.2 Å². The molecule has 6 nitrogen and oxygen atoms in total. The molecule has 60 heavy (non-hydrogen) atoms. The van der Waals surface area contributed by atoms with Crippen molar-refractivity contribution < 1.29 is 28.6 Å². The minimum absolute atomic E-state index is 0.0783. The highest BCUT2D eigenvalue weighted by molar-refractivity contribution is 5.71. The van der Waals surface area contributed by atoms with E-state index in [4.69, 9.17) is 14.2 Å². The average Bonchev–Trinajstić information content (AvgIpc) is 3.24. The number of hydrogen-bond donors (Lipinski definition) is 0. The van der Waals surface area contributed by atoms with E-state index in [9.17, 15) is 14.4 Å². The van der Waals surface area contributed by atoms with E-state index in [0.717, 1.165) is 83.5 Å². The number of unbranched alkanes of at least 4 members (excludes halogenated alkanes) is 30. The van der Waals surface area contributed by atoms with Crippen molar-refractivity contribution in [3.8, 4) is 0 Å². The maximum absolute atomic E-state index is 12.8. The van der Waals surface area contributed by atoms with Crippen molar-refractivity contribution in [2.24, 2.45) is 0 Å². The van der Waals surface area contributed by atoms with E-state index in [0.29, 0.717) is 19.3 Å². The first-order valence-electron chi connectivity index (χ1n) is 26.0. The van der Waals surface area contributed by atoms with Crippen LogP contribution in [0.3, 0.4) is 0 Å². The van der Waals surface area contributed by atoms with Gasteiger partial charge in [-0.3, -0.25) is 14.4 Å². The maximum Gasteiger partial charge on any atom is 0.306 e. The van der Waals surface area contributed by atoms with Gasteiger partial charge in [-0.05, 0) is 77.0 Å². The van der Waals surface area contributed by atoms with Gasteiger partial charge < -0.3 is 14.2 Å². The molecule has 0 radical (unpaired) electrons. The van der Waals surface area contributed by atoms with Crippen LogP contribution in [-0.2, 0) is 28.6 Å². The van der Waals surface area contributed by atoms with E-state index >= 15 is 0 Å². The summed E-state index contributed by atoms with van der Waals surface area (Å²) in [5.74, 6) is -0.890. The van der Waals surface area contributed by atoms with Crippen LogP contribution in [0.2, 0.25) is 0 Å². The lowest BCUT2D eigenvalue weighted by Crippen LogP contribution is -2.30. The molecule has 0 rings (SSSR count). The molecule has 350 valence electrons.